The Balaban J connectivity index is 3.00. The molecule has 86 valence electrons. The lowest BCUT2D eigenvalue weighted by molar-refractivity contribution is 0.0662. The Bertz CT molecular complexity index is 297. The Morgan fingerprint density at radius 1 is 1.47 bits per heavy atom. The Hall–Kier alpha value is -1.03. The Kier molecular flexibility index (Phi) is 2.83. The van der Waals surface area contributed by atoms with Crippen molar-refractivity contribution in [3.05, 3.63) is 12.2 Å². The van der Waals surface area contributed by atoms with Crippen LogP contribution in [0.5, 0.6) is 0 Å². The van der Waals surface area contributed by atoms with E-state index in [0.717, 1.165) is 0 Å². The van der Waals surface area contributed by atoms with Crippen molar-refractivity contribution < 1.29 is 9.90 Å². The van der Waals surface area contributed by atoms with E-state index in [1.807, 2.05) is 39.8 Å². The summed E-state index contributed by atoms with van der Waals surface area (Å²) in [5.41, 5.74) is 4.82. The number of rotatable bonds is 2. The van der Waals surface area contributed by atoms with Crippen molar-refractivity contribution >= 4 is 6.09 Å². The smallest absolute Gasteiger partial charge is 0.408 e. The maximum atomic E-state index is 11.3. The lowest BCUT2D eigenvalue weighted by atomic mass is 9.93. The van der Waals surface area contributed by atoms with Crippen LogP contribution in [0.3, 0.4) is 0 Å². The van der Waals surface area contributed by atoms with Crippen molar-refractivity contribution in [2.75, 3.05) is 0 Å². The number of nitrogens with zero attached hydrogens (tertiary/aromatic N) is 1. The second kappa shape index (κ2) is 3.52. The molecule has 1 aliphatic rings. The van der Waals surface area contributed by atoms with Crippen LogP contribution in [0.4, 0.5) is 4.79 Å². The summed E-state index contributed by atoms with van der Waals surface area (Å²) >= 11 is 0. The Morgan fingerprint density at radius 2 is 2.00 bits per heavy atom. The highest BCUT2D eigenvalue weighted by atomic mass is 16.4. The fourth-order valence-electron chi connectivity index (χ4n) is 2.47. The molecular formula is C11H20N2O2. The SMILES string of the molecule is CC(N)CC1(C)C=CC(C)(C)N1C(=O)O. The molecule has 0 radical (unpaired) electrons. The van der Waals surface area contributed by atoms with Crippen LogP contribution in [0.15, 0.2) is 12.2 Å². The first-order chi connectivity index (χ1) is 6.69. The Labute approximate surface area is 90.7 Å². The van der Waals surface area contributed by atoms with Crippen LogP contribution in [-0.2, 0) is 0 Å². The summed E-state index contributed by atoms with van der Waals surface area (Å²) in [6.45, 7) is 7.59. The highest BCUT2D eigenvalue weighted by Gasteiger charge is 2.46. The zero-order valence-corrected chi connectivity index (χ0v) is 9.82. The van der Waals surface area contributed by atoms with E-state index in [2.05, 4.69) is 0 Å². The first-order valence-electron chi connectivity index (χ1n) is 5.18. The average molecular weight is 212 g/mol. The van der Waals surface area contributed by atoms with Crippen LogP contribution in [0.25, 0.3) is 0 Å². The van der Waals surface area contributed by atoms with E-state index in [1.165, 1.54) is 4.90 Å². The number of carbonyl (C=O) groups is 1. The molecule has 4 nitrogen and oxygen atoms in total. The molecule has 2 atom stereocenters. The fourth-order valence-corrected chi connectivity index (χ4v) is 2.47. The lowest BCUT2D eigenvalue weighted by Gasteiger charge is -2.41. The predicted molar refractivity (Wildman–Crippen MR) is 59.8 cm³/mol. The standard InChI is InChI=1S/C11H20N2O2/c1-8(12)7-11(4)6-5-10(2,3)13(11)9(14)15/h5-6,8H,7,12H2,1-4H3,(H,14,15). The van der Waals surface area contributed by atoms with Gasteiger partial charge < -0.3 is 10.8 Å². The zero-order valence-electron chi connectivity index (χ0n) is 9.82. The van der Waals surface area contributed by atoms with Gasteiger partial charge in [-0.15, -0.1) is 0 Å². The third kappa shape index (κ3) is 2.15. The monoisotopic (exact) mass is 212 g/mol. The normalized spacial score (nSPS) is 30.6. The molecule has 1 rings (SSSR count). The number of nitrogens with two attached hydrogens (primary N) is 1. The highest BCUT2D eigenvalue weighted by molar-refractivity contribution is 5.69. The van der Waals surface area contributed by atoms with E-state index in [-0.39, 0.29) is 6.04 Å². The third-order valence-corrected chi connectivity index (χ3v) is 2.86. The Morgan fingerprint density at radius 3 is 2.40 bits per heavy atom. The topological polar surface area (TPSA) is 66.6 Å². The first-order valence-corrected chi connectivity index (χ1v) is 5.18. The molecule has 15 heavy (non-hydrogen) atoms. The summed E-state index contributed by atoms with van der Waals surface area (Å²) in [6, 6.07) is -0.0181. The molecule has 0 saturated heterocycles. The molecule has 1 amide bonds. The molecule has 1 aliphatic heterocycles. The number of carboxylic acid groups (broad SMARTS) is 1. The van der Waals surface area contributed by atoms with Crippen molar-refractivity contribution in [3.63, 3.8) is 0 Å². The number of hydrogen-bond donors (Lipinski definition) is 2. The van der Waals surface area contributed by atoms with Crippen molar-refractivity contribution in [2.24, 2.45) is 5.73 Å². The molecule has 0 aromatic heterocycles. The van der Waals surface area contributed by atoms with Gasteiger partial charge in [0.2, 0.25) is 0 Å². The number of hydrogen-bond acceptors (Lipinski definition) is 2. The summed E-state index contributed by atoms with van der Waals surface area (Å²) in [5, 5.41) is 9.24. The van der Waals surface area contributed by atoms with Crippen LogP contribution in [-0.4, -0.2) is 33.2 Å². The average Bonchev–Trinajstić information content (AvgIpc) is 2.19. The van der Waals surface area contributed by atoms with Gasteiger partial charge in [0, 0.05) is 6.04 Å². The molecule has 0 spiro atoms. The van der Waals surface area contributed by atoms with Gasteiger partial charge in [-0.25, -0.2) is 4.79 Å². The summed E-state index contributed by atoms with van der Waals surface area (Å²) in [4.78, 5) is 12.7. The van der Waals surface area contributed by atoms with Gasteiger partial charge in [-0.2, -0.15) is 0 Å². The van der Waals surface area contributed by atoms with Crippen LogP contribution < -0.4 is 5.73 Å². The molecule has 0 saturated carbocycles. The van der Waals surface area contributed by atoms with Gasteiger partial charge in [0.1, 0.15) is 0 Å². The summed E-state index contributed by atoms with van der Waals surface area (Å²) in [6.07, 6.45) is 3.63. The lowest BCUT2D eigenvalue weighted by Crippen LogP contribution is -2.55. The minimum Gasteiger partial charge on any atom is -0.465 e. The molecule has 2 unspecified atom stereocenters. The van der Waals surface area contributed by atoms with Gasteiger partial charge in [-0.3, -0.25) is 4.90 Å². The predicted octanol–water partition coefficient (Wildman–Crippen LogP) is 1.81. The molecule has 0 aromatic rings. The van der Waals surface area contributed by atoms with Crippen LogP contribution in [0.1, 0.15) is 34.1 Å². The summed E-state index contributed by atoms with van der Waals surface area (Å²) in [5.74, 6) is 0. The molecule has 3 N–H and O–H groups in total. The van der Waals surface area contributed by atoms with Crippen LogP contribution in [0, 0.1) is 0 Å². The number of amides is 1. The quantitative estimate of drug-likeness (QED) is 0.686. The first kappa shape index (κ1) is 12.0. The second-order valence-electron chi connectivity index (χ2n) is 5.14. The van der Waals surface area contributed by atoms with E-state index < -0.39 is 17.2 Å². The van der Waals surface area contributed by atoms with Gasteiger partial charge in [0.25, 0.3) is 0 Å². The molecule has 4 heteroatoms. The molecule has 1 heterocycles. The molecule has 0 aromatic carbocycles. The minimum absolute atomic E-state index is 0.0181. The van der Waals surface area contributed by atoms with Crippen LogP contribution >= 0.6 is 0 Å². The van der Waals surface area contributed by atoms with E-state index in [4.69, 9.17) is 5.73 Å². The van der Waals surface area contributed by atoms with E-state index in [9.17, 15) is 9.90 Å². The van der Waals surface area contributed by atoms with Gasteiger partial charge in [-0.05, 0) is 34.1 Å². The summed E-state index contributed by atoms with van der Waals surface area (Å²) in [7, 11) is 0. The van der Waals surface area contributed by atoms with Gasteiger partial charge in [-0.1, -0.05) is 12.2 Å². The van der Waals surface area contributed by atoms with Crippen molar-refractivity contribution in [1.29, 1.82) is 0 Å². The second-order valence-corrected chi connectivity index (χ2v) is 5.14. The van der Waals surface area contributed by atoms with E-state index in [1.54, 1.807) is 0 Å². The maximum absolute atomic E-state index is 11.3. The van der Waals surface area contributed by atoms with Crippen molar-refractivity contribution in [2.45, 2.75) is 51.2 Å². The third-order valence-electron chi connectivity index (χ3n) is 2.86. The fraction of sp³-hybridized carbons (Fsp3) is 0.727. The summed E-state index contributed by atoms with van der Waals surface area (Å²) < 4.78 is 0. The van der Waals surface area contributed by atoms with Gasteiger partial charge in [0.05, 0.1) is 11.1 Å². The van der Waals surface area contributed by atoms with Crippen LogP contribution in [0.2, 0.25) is 0 Å². The zero-order chi connectivity index (χ0) is 11.9. The largest absolute Gasteiger partial charge is 0.465 e. The highest BCUT2D eigenvalue weighted by Crippen LogP contribution is 2.37. The molecule has 0 fully saturated rings. The molecule has 0 aliphatic carbocycles. The maximum Gasteiger partial charge on any atom is 0.408 e. The molecular weight excluding hydrogens is 192 g/mol. The van der Waals surface area contributed by atoms with E-state index >= 15 is 0 Å². The van der Waals surface area contributed by atoms with Crippen molar-refractivity contribution in [3.8, 4) is 0 Å². The molecule has 0 bridgehead atoms. The van der Waals surface area contributed by atoms with E-state index in [0.29, 0.717) is 6.42 Å². The van der Waals surface area contributed by atoms with Gasteiger partial charge >= 0.3 is 6.09 Å². The minimum atomic E-state index is -0.895. The van der Waals surface area contributed by atoms with Crippen molar-refractivity contribution in [1.82, 2.24) is 4.90 Å². The van der Waals surface area contributed by atoms with Gasteiger partial charge in [0.15, 0.2) is 0 Å².